The fraction of sp³-hybridized carbons (Fsp3) is 0.556. The standard InChI is InChI=1S/C18H23NO4/c20-17(15-9-10-16(23-15)18(21)22)19(12-14-7-4-8-14)11-13-5-2-1-3-6-13/h1-3,5-6,14-16H,4,7-12H2,(H,21,22)/t15-,16+/m0/s1. The molecule has 5 heteroatoms. The maximum absolute atomic E-state index is 12.8. The minimum atomic E-state index is -0.978. The molecular formula is C18H23NO4. The summed E-state index contributed by atoms with van der Waals surface area (Å²) in [7, 11) is 0. The van der Waals surface area contributed by atoms with Gasteiger partial charge in [0, 0.05) is 13.1 Å². The van der Waals surface area contributed by atoms with Crippen LogP contribution in [0.3, 0.4) is 0 Å². The molecule has 1 aromatic carbocycles. The Hall–Kier alpha value is -1.88. The van der Waals surface area contributed by atoms with Gasteiger partial charge in [0.25, 0.3) is 5.91 Å². The van der Waals surface area contributed by atoms with Gasteiger partial charge in [-0.15, -0.1) is 0 Å². The van der Waals surface area contributed by atoms with Crippen molar-refractivity contribution in [3.63, 3.8) is 0 Å². The number of aliphatic carboxylic acids is 1. The molecular weight excluding hydrogens is 294 g/mol. The van der Waals surface area contributed by atoms with Gasteiger partial charge in [-0.1, -0.05) is 36.8 Å². The number of amides is 1. The highest BCUT2D eigenvalue weighted by atomic mass is 16.5. The van der Waals surface area contributed by atoms with E-state index in [-0.39, 0.29) is 5.91 Å². The molecule has 1 aromatic rings. The molecule has 3 rings (SSSR count). The number of benzene rings is 1. The predicted octanol–water partition coefficient (Wildman–Crippen LogP) is 2.45. The van der Waals surface area contributed by atoms with Crippen molar-refractivity contribution in [2.75, 3.05) is 6.54 Å². The summed E-state index contributed by atoms with van der Waals surface area (Å²) in [5.74, 6) is -0.474. The highest BCUT2D eigenvalue weighted by molar-refractivity contribution is 5.82. The first-order chi connectivity index (χ1) is 11.1. The van der Waals surface area contributed by atoms with Crippen molar-refractivity contribution in [3.8, 4) is 0 Å². The molecule has 0 aromatic heterocycles. The third kappa shape index (κ3) is 3.91. The smallest absolute Gasteiger partial charge is 0.332 e. The molecule has 0 bridgehead atoms. The number of carboxylic acid groups (broad SMARTS) is 1. The van der Waals surface area contributed by atoms with E-state index in [0.29, 0.717) is 25.3 Å². The molecule has 1 saturated heterocycles. The number of rotatable bonds is 6. The molecule has 1 amide bonds. The van der Waals surface area contributed by atoms with Crippen LogP contribution in [0.2, 0.25) is 0 Å². The van der Waals surface area contributed by atoms with Crippen LogP contribution < -0.4 is 0 Å². The summed E-state index contributed by atoms with van der Waals surface area (Å²) < 4.78 is 5.45. The lowest BCUT2D eigenvalue weighted by Crippen LogP contribution is -2.43. The topological polar surface area (TPSA) is 66.8 Å². The molecule has 1 aliphatic carbocycles. The van der Waals surface area contributed by atoms with Crippen molar-refractivity contribution in [2.45, 2.75) is 50.9 Å². The Morgan fingerprint density at radius 2 is 1.78 bits per heavy atom. The van der Waals surface area contributed by atoms with Crippen molar-refractivity contribution in [1.82, 2.24) is 4.90 Å². The molecule has 23 heavy (non-hydrogen) atoms. The quantitative estimate of drug-likeness (QED) is 0.875. The van der Waals surface area contributed by atoms with Crippen LogP contribution in [0, 0.1) is 5.92 Å². The molecule has 5 nitrogen and oxygen atoms in total. The van der Waals surface area contributed by atoms with E-state index in [4.69, 9.17) is 9.84 Å². The van der Waals surface area contributed by atoms with Gasteiger partial charge in [0.1, 0.15) is 6.10 Å². The van der Waals surface area contributed by atoms with Gasteiger partial charge < -0.3 is 14.7 Å². The Morgan fingerprint density at radius 3 is 2.35 bits per heavy atom. The first-order valence-electron chi connectivity index (χ1n) is 8.34. The number of nitrogens with zero attached hydrogens (tertiary/aromatic N) is 1. The lowest BCUT2D eigenvalue weighted by atomic mass is 9.85. The second-order valence-corrected chi connectivity index (χ2v) is 6.53. The molecule has 124 valence electrons. The second-order valence-electron chi connectivity index (χ2n) is 6.53. The molecule has 0 unspecified atom stereocenters. The predicted molar refractivity (Wildman–Crippen MR) is 84.7 cm³/mol. The zero-order valence-corrected chi connectivity index (χ0v) is 13.2. The van der Waals surface area contributed by atoms with E-state index in [1.165, 1.54) is 19.3 Å². The number of carbonyl (C=O) groups is 2. The highest BCUT2D eigenvalue weighted by Crippen LogP contribution is 2.29. The van der Waals surface area contributed by atoms with Crippen LogP contribution in [0.5, 0.6) is 0 Å². The van der Waals surface area contributed by atoms with Crippen LogP contribution in [0.15, 0.2) is 30.3 Å². The number of carbonyl (C=O) groups excluding carboxylic acids is 1. The number of hydrogen-bond donors (Lipinski definition) is 1. The Bertz CT molecular complexity index is 555. The van der Waals surface area contributed by atoms with E-state index < -0.39 is 18.2 Å². The van der Waals surface area contributed by atoms with Crippen molar-refractivity contribution < 1.29 is 19.4 Å². The van der Waals surface area contributed by atoms with Crippen molar-refractivity contribution in [2.24, 2.45) is 5.92 Å². The van der Waals surface area contributed by atoms with E-state index in [2.05, 4.69) is 0 Å². The summed E-state index contributed by atoms with van der Waals surface area (Å²) in [4.78, 5) is 25.7. The summed E-state index contributed by atoms with van der Waals surface area (Å²) in [5, 5.41) is 9.03. The van der Waals surface area contributed by atoms with Gasteiger partial charge in [-0.2, -0.15) is 0 Å². The van der Waals surface area contributed by atoms with Crippen LogP contribution in [0.4, 0.5) is 0 Å². The Morgan fingerprint density at radius 1 is 1.09 bits per heavy atom. The number of hydrogen-bond acceptors (Lipinski definition) is 3. The minimum absolute atomic E-state index is 0.0653. The van der Waals surface area contributed by atoms with Crippen LogP contribution in [0.1, 0.15) is 37.7 Å². The van der Waals surface area contributed by atoms with Gasteiger partial charge in [-0.3, -0.25) is 4.79 Å². The summed E-state index contributed by atoms with van der Waals surface area (Å²) >= 11 is 0. The average Bonchev–Trinajstić information content (AvgIpc) is 3.00. The summed E-state index contributed by atoms with van der Waals surface area (Å²) in [5.41, 5.74) is 1.09. The molecule has 0 spiro atoms. The minimum Gasteiger partial charge on any atom is -0.479 e. The van der Waals surface area contributed by atoms with Crippen LogP contribution in [-0.2, 0) is 20.9 Å². The molecule has 0 radical (unpaired) electrons. The number of carboxylic acids is 1. The van der Waals surface area contributed by atoms with E-state index in [0.717, 1.165) is 12.1 Å². The highest BCUT2D eigenvalue weighted by Gasteiger charge is 2.37. The molecule has 1 saturated carbocycles. The van der Waals surface area contributed by atoms with Crippen LogP contribution in [0.25, 0.3) is 0 Å². The maximum atomic E-state index is 12.8. The van der Waals surface area contributed by atoms with Gasteiger partial charge in [0.05, 0.1) is 0 Å². The van der Waals surface area contributed by atoms with Gasteiger partial charge in [0.15, 0.2) is 6.10 Å². The summed E-state index contributed by atoms with van der Waals surface area (Å²) in [6, 6.07) is 9.91. The largest absolute Gasteiger partial charge is 0.479 e. The third-order valence-corrected chi connectivity index (χ3v) is 4.80. The SMILES string of the molecule is O=C(O)[C@H]1CC[C@@H](C(=O)N(Cc2ccccc2)CC2CCC2)O1. The maximum Gasteiger partial charge on any atom is 0.332 e. The normalized spacial score (nSPS) is 24.2. The van der Waals surface area contributed by atoms with Crippen molar-refractivity contribution >= 4 is 11.9 Å². The van der Waals surface area contributed by atoms with Gasteiger partial charge in [-0.05, 0) is 37.2 Å². The monoisotopic (exact) mass is 317 g/mol. The third-order valence-electron chi connectivity index (χ3n) is 4.80. The van der Waals surface area contributed by atoms with Crippen molar-refractivity contribution in [3.05, 3.63) is 35.9 Å². The lowest BCUT2D eigenvalue weighted by molar-refractivity contribution is -0.155. The van der Waals surface area contributed by atoms with Gasteiger partial charge >= 0.3 is 5.97 Å². The van der Waals surface area contributed by atoms with E-state index in [1.807, 2.05) is 35.2 Å². The molecule has 2 fully saturated rings. The van der Waals surface area contributed by atoms with E-state index in [1.54, 1.807) is 0 Å². The van der Waals surface area contributed by atoms with E-state index >= 15 is 0 Å². The molecule has 2 atom stereocenters. The summed E-state index contributed by atoms with van der Waals surface area (Å²) in [6.45, 7) is 1.30. The Labute approximate surface area is 136 Å². The first kappa shape index (κ1) is 16.0. The van der Waals surface area contributed by atoms with Gasteiger partial charge in [-0.25, -0.2) is 4.79 Å². The summed E-state index contributed by atoms with van der Waals surface area (Å²) in [6.07, 6.45) is 3.02. The zero-order valence-electron chi connectivity index (χ0n) is 13.2. The number of ether oxygens (including phenoxy) is 1. The van der Waals surface area contributed by atoms with Crippen molar-refractivity contribution in [1.29, 1.82) is 0 Å². The van der Waals surface area contributed by atoms with Crippen LogP contribution in [-0.4, -0.2) is 40.6 Å². The molecule has 1 N–H and O–H groups in total. The molecule has 1 aliphatic heterocycles. The zero-order chi connectivity index (χ0) is 16.2. The molecule has 2 aliphatic rings. The Kier molecular flexibility index (Phi) is 4.96. The fourth-order valence-corrected chi connectivity index (χ4v) is 3.23. The Balaban J connectivity index is 1.66. The average molecular weight is 317 g/mol. The molecule has 1 heterocycles. The fourth-order valence-electron chi connectivity index (χ4n) is 3.23. The lowest BCUT2D eigenvalue weighted by Gasteiger charge is -2.33. The van der Waals surface area contributed by atoms with Gasteiger partial charge in [0.2, 0.25) is 0 Å². The second kappa shape index (κ2) is 7.13. The van der Waals surface area contributed by atoms with E-state index in [9.17, 15) is 9.59 Å². The van der Waals surface area contributed by atoms with Crippen LogP contribution >= 0.6 is 0 Å². The first-order valence-corrected chi connectivity index (χ1v) is 8.34.